The van der Waals surface area contributed by atoms with Crippen LogP contribution in [0.3, 0.4) is 0 Å². The van der Waals surface area contributed by atoms with Crippen LogP contribution >= 0.6 is 15.9 Å². The maximum Gasteiger partial charge on any atom is 0.224 e. The summed E-state index contributed by atoms with van der Waals surface area (Å²) in [6.07, 6.45) is 1.27. The lowest BCUT2D eigenvalue weighted by molar-refractivity contribution is -0.116. The van der Waals surface area contributed by atoms with Gasteiger partial charge in [0, 0.05) is 17.4 Å². The first-order valence-electron chi connectivity index (χ1n) is 6.67. The molecule has 0 spiro atoms. The van der Waals surface area contributed by atoms with Gasteiger partial charge in [0.05, 0.1) is 0 Å². The standard InChI is InChI=1S/C17H18BrNO/c1-13-3-2-4-14(11-13)7-10-17(20)19-16-8-5-15(12-18)6-9-16/h2-6,8-9,11H,7,10,12H2,1H3,(H,19,20). The number of alkyl halides is 1. The molecule has 104 valence electrons. The highest BCUT2D eigenvalue weighted by molar-refractivity contribution is 9.08. The Morgan fingerprint density at radius 2 is 1.85 bits per heavy atom. The van der Waals surface area contributed by atoms with Crippen LogP contribution in [0.1, 0.15) is 23.1 Å². The van der Waals surface area contributed by atoms with Crippen molar-refractivity contribution >= 4 is 27.5 Å². The molecule has 0 unspecified atom stereocenters. The predicted octanol–water partition coefficient (Wildman–Crippen LogP) is 4.46. The molecule has 0 aliphatic heterocycles. The minimum absolute atomic E-state index is 0.0538. The van der Waals surface area contributed by atoms with Gasteiger partial charge in [-0.3, -0.25) is 4.79 Å². The van der Waals surface area contributed by atoms with Crippen LogP contribution in [-0.4, -0.2) is 5.91 Å². The van der Waals surface area contributed by atoms with E-state index in [0.717, 1.165) is 17.4 Å². The van der Waals surface area contributed by atoms with Gasteiger partial charge in [-0.25, -0.2) is 0 Å². The summed E-state index contributed by atoms with van der Waals surface area (Å²) >= 11 is 3.40. The Hall–Kier alpha value is -1.61. The molecular weight excluding hydrogens is 314 g/mol. The SMILES string of the molecule is Cc1cccc(CCC(=O)Nc2ccc(CBr)cc2)c1. The van der Waals surface area contributed by atoms with Gasteiger partial charge in [-0.15, -0.1) is 0 Å². The highest BCUT2D eigenvalue weighted by Crippen LogP contribution is 2.13. The summed E-state index contributed by atoms with van der Waals surface area (Å²) < 4.78 is 0. The Bertz CT molecular complexity index is 578. The van der Waals surface area contributed by atoms with Crippen molar-refractivity contribution < 1.29 is 4.79 Å². The first-order chi connectivity index (χ1) is 9.67. The minimum atomic E-state index is 0.0538. The Morgan fingerprint density at radius 3 is 2.50 bits per heavy atom. The maximum absolute atomic E-state index is 11.9. The van der Waals surface area contributed by atoms with Crippen LogP contribution in [0.15, 0.2) is 48.5 Å². The molecule has 1 N–H and O–H groups in total. The molecule has 2 rings (SSSR count). The van der Waals surface area contributed by atoms with Crippen LogP contribution in [0.4, 0.5) is 5.69 Å². The van der Waals surface area contributed by atoms with E-state index in [1.165, 1.54) is 16.7 Å². The van der Waals surface area contributed by atoms with Crippen molar-refractivity contribution in [1.29, 1.82) is 0 Å². The van der Waals surface area contributed by atoms with Gasteiger partial charge in [0.1, 0.15) is 0 Å². The average molecular weight is 332 g/mol. The summed E-state index contributed by atoms with van der Waals surface area (Å²) in [4.78, 5) is 11.9. The van der Waals surface area contributed by atoms with Gasteiger partial charge in [-0.1, -0.05) is 57.9 Å². The molecule has 2 aromatic carbocycles. The average Bonchev–Trinajstić information content (AvgIpc) is 2.46. The van der Waals surface area contributed by atoms with E-state index in [2.05, 4.69) is 46.4 Å². The van der Waals surface area contributed by atoms with Gasteiger partial charge in [-0.2, -0.15) is 0 Å². The van der Waals surface area contributed by atoms with Crippen molar-refractivity contribution in [2.24, 2.45) is 0 Å². The van der Waals surface area contributed by atoms with Crippen LogP contribution in [0.25, 0.3) is 0 Å². The highest BCUT2D eigenvalue weighted by Gasteiger charge is 2.03. The molecule has 20 heavy (non-hydrogen) atoms. The Kier molecular flexibility index (Phi) is 5.36. The maximum atomic E-state index is 11.9. The van der Waals surface area contributed by atoms with Crippen molar-refractivity contribution in [3.63, 3.8) is 0 Å². The van der Waals surface area contributed by atoms with E-state index < -0.39 is 0 Å². The molecule has 0 radical (unpaired) electrons. The number of carbonyl (C=O) groups is 1. The van der Waals surface area contributed by atoms with Gasteiger partial charge in [0.15, 0.2) is 0 Å². The van der Waals surface area contributed by atoms with E-state index in [-0.39, 0.29) is 5.91 Å². The Balaban J connectivity index is 1.85. The zero-order chi connectivity index (χ0) is 14.4. The Morgan fingerprint density at radius 1 is 1.10 bits per heavy atom. The monoisotopic (exact) mass is 331 g/mol. The number of anilines is 1. The first-order valence-corrected chi connectivity index (χ1v) is 7.80. The second kappa shape index (κ2) is 7.25. The van der Waals surface area contributed by atoms with Crippen molar-refractivity contribution in [2.45, 2.75) is 25.1 Å². The van der Waals surface area contributed by atoms with E-state index in [4.69, 9.17) is 0 Å². The fourth-order valence-corrected chi connectivity index (χ4v) is 2.40. The number of aryl methyl sites for hydroxylation is 2. The van der Waals surface area contributed by atoms with Gasteiger partial charge in [-0.05, 0) is 36.6 Å². The second-order valence-corrected chi connectivity index (χ2v) is 5.43. The van der Waals surface area contributed by atoms with E-state index >= 15 is 0 Å². The van der Waals surface area contributed by atoms with E-state index in [0.29, 0.717) is 6.42 Å². The molecular formula is C17H18BrNO. The Labute approximate surface area is 128 Å². The minimum Gasteiger partial charge on any atom is -0.326 e. The van der Waals surface area contributed by atoms with Crippen LogP contribution in [0, 0.1) is 6.92 Å². The summed E-state index contributed by atoms with van der Waals surface area (Å²) in [6, 6.07) is 16.2. The van der Waals surface area contributed by atoms with Gasteiger partial charge in [0.2, 0.25) is 5.91 Å². The molecule has 0 bridgehead atoms. The van der Waals surface area contributed by atoms with Crippen LogP contribution < -0.4 is 5.32 Å². The number of hydrogen-bond acceptors (Lipinski definition) is 1. The fraction of sp³-hybridized carbons (Fsp3) is 0.235. The number of amides is 1. The lowest BCUT2D eigenvalue weighted by Crippen LogP contribution is -2.12. The van der Waals surface area contributed by atoms with E-state index in [1.54, 1.807) is 0 Å². The molecule has 0 saturated carbocycles. The number of carbonyl (C=O) groups excluding carboxylic acids is 1. The second-order valence-electron chi connectivity index (χ2n) is 4.87. The molecule has 0 heterocycles. The van der Waals surface area contributed by atoms with Crippen molar-refractivity contribution in [2.75, 3.05) is 5.32 Å². The summed E-state index contributed by atoms with van der Waals surface area (Å²) in [5, 5.41) is 3.75. The quantitative estimate of drug-likeness (QED) is 0.805. The largest absolute Gasteiger partial charge is 0.326 e. The zero-order valence-corrected chi connectivity index (χ0v) is 13.1. The van der Waals surface area contributed by atoms with Crippen molar-refractivity contribution in [3.8, 4) is 0 Å². The van der Waals surface area contributed by atoms with Crippen LogP contribution in [0.5, 0.6) is 0 Å². The topological polar surface area (TPSA) is 29.1 Å². The lowest BCUT2D eigenvalue weighted by Gasteiger charge is -2.06. The van der Waals surface area contributed by atoms with Crippen molar-refractivity contribution in [3.05, 3.63) is 65.2 Å². The molecule has 0 aliphatic carbocycles. The van der Waals surface area contributed by atoms with Gasteiger partial charge < -0.3 is 5.32 Å². The third-order valence-corrected chi connectivity index (χ3v) is 3.76. The number of halogens is 1. The predicted molar refractivity (Wildman–Crippen MR) is 87.2 cm³/mol. The number of hydrogen-bond donors (Lipinski definition) is 1. The van der Waals surface area contributed by atoms with Gasteiger partial charge in [0.25, 0.3) is 0 Å². The molecule has 2 aromatic rings. The van der Waals surface area contributed by atoms with Gasteiger partial charge >= 0.3 is 0 Å². The third kappa shape index (κ3) is 4.49. The summed E-state index contributed by atoms with van der Waals surface area (Å²) in [5.41, 5.74) is 4.48. The molecule has 0 aliphatic rings. The van der Waals surface area contributed by atoms with Crippen LogP contribution in [-0.2, 0) is 16.5 Å². The molecule has 0 aromatic heterocycles. The number of rotatable bonds is 5. The number of nitrogens with one attached hydrogen (secondary N) is 1. The summed E-state index contributed by atoms with van der Waals surface area (Å²) in [7, 11) is 0. The molecule has 0 fully saturated rings. The normalized spacial score (nSPS) is 10.3. The van der Waals surface area contributed by atoms with E-state index in [9.17, 15) is 4.79 Å². The molecule has 2 nitrogen and oxygen atoms in total. The summed E-state index contributed by atoms with van der Waals surface area (Å²) in [5.74, 6) is 0.0538. The van der Waals surface area contributed by atoms with Crippen molar-refractivity contribution in [1.82, 2.24) is 0 Å². The third-order valence-electron chi connectivity index (χ3n) is 3.12. The highest BCUT2D eigenvalue weighted by atomic mass is 79.9. The molecule has 0 saturated heterocycles. The molecule has 1 amide bonds. The smallest absolute Gasteiger partial charge is 0.224 e. The molecule has 3 heteroatoms. The molecule has 0 atom stereocenters. The van der Waals surface area contributed by atoms with E-state index in [1.807, 2.05) is 30.3 Å². The zero-order valence-electron chi connectivity index (χ0n) is 11.5. The first kappa shape index (κ1) is 14.8. The fourth-order valence-electron chi connectivity index (χ4n) is 2.03. The lowest BCUT2D eigenvalue weighted by atomic mass is 10.1. The summed E-state index contributed by atoms with van der Waals surface area (Å²) in [6.45, 7) is 2.06. The van der Waals surface area contributed by atoms with Crippen LogP contribution in [0.2, 0.25) is 0 Å². The number of benzene rings is 2.